The van der Waals surface area contributed by atoms with Gasteiger partial charge in [-0.15, -0.1) is 35.3 Å². The molecule has 0 aliphatic carbocycles. The predicted molar refractivity (Wildman–Crippen MR) is 106 cm³/mol. The van der Waals surface area contributed by atoms with Crippen molar-refractivity contribution in [3.63, 3.8) is 0 Å². The van der Waals surface area contributed by atoms with Crippen molar-refractivity contribution in [3.05, 3.63) is 50.7 Å². The van der Waals surface area contributed by atoms with Crippen LogP contribution in [0.1, 0.15) is 23.2 Å². The lowest BCUT2D eigenvalue weighted by Crippen LogP contribution is -2.36. The van der Waals surface area contributed by atoms with Crippen LogP contribution in [0, 0.1) is 5.82 Å². The van der Waals surface area contributed by atoms with Crippen LogP contribution >= 0.6 is 46.9 Å². The van der Waals surface area contributed by atoms with Crippen molar-refractivity contribution in [1.29, 1.82) is 0 Å². The maximum atomic E-state index is 13.1. The molecule has 0 unspecified atom stereocenters. The standard InChI is InChI=1S/C15H15ClF4N4S.HI/c1-2-21-14(22-6-9-3-4-11(17)10(16)5-9)23-7-13-24-12(8-25-13)15(18,19)20;/h3-5,8H,2,6-7H2,1H3,(H2,21,22,23);1H. The fourth-order valence-corrected chi connectivity index (χ4v) is 2.78. The van der Waals surface area contributed by atoms with Crippen LogP contribution in [0.25, 0.3) is 0 Å². The Balaban J connectivity index is 0.00000338. The molecule has 0 aliphatic rings. The highest BCUT2D eigenvalue weighted by Crippen LogP contribution is 2.29. The number of thiazole rings is 1. The number of alkyl halides is 3. The number of rotatable bonds is 5. The van der Waals surface area contributed by atoms with Crippen LogP contribution < -0.4 is 10.6 Å². The number of nitrogens with zero attached hydrogens (tertiary/aromatic N) is 2. The summed E-state index contributed by atoms with van der Waals surface area (Å²) in [6.45, 7) is 2.77. The van der Waals surface area contributed by atoms with Gasteiger partial charge in [0.1, 0.15) is 10.8 Å². The monoisotopic (exact) mass is 522 g/mol. The Morgan fingerprint density at radius 3 is 2.62 bits per heavy atom. The molecule has 0 atom stereocenters. The Kier molecular flexibility index (Phi) is 9.04. The van der Waals surface area contributed by atoms with Gasteiger partial charge in [0, 0.05) is 11.9 Å². The van der Waals surface area contributed by atoms with E-state index in [0.717, 1.165) is 16.7 Å². The van der Waals surface area contributed by atoms with Gasteiger partial charge in [0.05, 0.1) is 18.1 Å². The lowest BCUT2D eigenvalue weighted by molar-refractivity contribution is -0.140. The Morgan fingerprint density at radius 2 is 2.04 bits per heavy atom. The molecule has 1 heterocycles. The van der Waals surface area contributed by atoms with E-state index in [1.807, 2.05) is 6.92 Å². The molecule has 0 aliphatic heterocycles. The van der Waals surface area contributed by atoms with Gasteiger partial charge in [-0.2, -0.15) is 13.2 Å². The summed E-state index contributed by atoms with van der Waals surface area (Å²) in [5.41, 5.74) is -0.200. The van der Waals surface area contributed by atoms with Crippen LogP contribution in [-0.2, 0) is 19.3 Å². The highest BCUT2D eigenvalue weighted by molar-refractivity contribution is 14.0. The smallest absolute Gasteiger partial charge is 0.357 e. The van der Waals surface area contributed by atoms with Crippen LogP contribution in [0.2, 0.25) is 5.02 Å². The Morgan fingerprint density at radius 1 is 1.31 bits per heavy atom. The van der Waals surface area contributed by atoms with Crippen molar-refractivity contribution in [2.75, 3.05) is 6.54 Å². The minimum Gasteiger partial charge on any atom is -0.357 e. The quantitative estimate of drug-likeness (QED) is 0.256. The molecule has 2 N–H and O–H groups in total. The summed E-state index contributed by atoms with van der Waals surface area (Å²) in [6.07, 6.45) is -4.45. The molecule has 1 aromatic carbocycles. The highest BCUT2D eigenvalue weighted by Gasteiger charge is 2.33. The average Bonchev–Trinajstić information content (AvgIpc) is 3.02. The highest BCUT2D eigenvalue weighted by atomic mass is 127. The first kappa shape index (κ1) is 22.9. The summed E-state index contributed by atoms with van der Waals surface area (Å²) in [5, 5.41) is 7.16. The fraction of sp³-hybridized carbons (Fsp3) is 0.333. The molecule has 2 rings (SSSR count). The van der Waals surface area contributed by atoms with E-state index in [-0.39, 0.29) is 42.1 Å². The molecule has 2 aromatic rings. The molecule has 0 saturated carbocycles. The van der Waals surface area contributed by atoms with Gasteiger partial charge in [-0.3, -0.25) is 0 Å². The van der Waals surface area contributed by atoms with Gasteiger partial charge in [-0.1, -0.05) is 17.7 Å². The third-order valence-corrected chi connectivity index (χ3v) is 4.14. The molecular weight excluding hydrogens is 507 g/mol. The lowest BCUT2D eigenvalue weighted by Gasteiger charge is -2.10. The van der Waals surface area contributed by atoms with Gasteiger partial charge in [-0.05, 0) is 24.6 Å². The third-order valence-electron chi connectivity index (χ3n) is 3.00. The van der Waals surface area contributed by atoms with E-state index in [1.165, 1.54) is 12.1 Å². The lowest BCUT2D eigenvalue weighted by atomic mass is 10.2. The van der Waals surface area contributed by atoms with E-state index < -0.39 is 17.7 Å². The molecule has 11 heteroatoms. The number of aromatic nitrogens is 1. The number of aliphatic imine (C=N–C) groups is 1. The number of guanidine groups is 1. The molecule has 144 valence electrons. The first-order valence-electron chi connectivity index (χ1n) is 7.27. The van der Waals surface area contributed by atoms with Gasteiger partial charge in [0.2, 0.25) is 0 Å². The van der Waals surface area contributed by atoms with Crippen molar-refractivity contribution in [1.82, 2.24) is 15.6 Å². The van der Waals surface area contributed by atoms with Gasteiger partial charge >= 0.3 is 6.18 Å². The number of nitrogens with one attached hydrogen (secondary N) is 2. The van der Waals surface area contributed by atoms with E-state index in [0.29, 0.717) is 23.1 Å². The van der Waals surface area contributed by atoms with Crippen molar-refractivity contribution in [3.8, 4) is 0 Å². The summed E-state index contributed by atoms with van der Waals surface area (Å²) in [5.74, 6) is -0.102. The Labute approximate surface area is 174 Å². The summed E-state index contributed by atoms with van der Waals surface area (Å²) in [7, 11) is 0. The normalized spacial score (nSPS) is 11.8. The van der Waals surface area contributed by atoms with Crippen molar-refractivity contribution in [2.24, 2.45) is 4.99 Å². The van der Waals surface area contributed by atoms with Crippen molar-refractivity contribution in [2.45, 2.75) is 26.2 Å². The van der Waals surface area contributed by atoms with Crippen LogP contribution in [-0.4, -0.2) is 17.5 Å². The van der Waals surface area contributed by atoms with Crippen molar-refractivity contribution >= 4 is 52.9 Å². The van der Waals surface area contributed by atoms with Crippen LogP contribution in [0.5, 0.6) is 0 Å². The number of hydrogen-bond acceptors (Lipinski definition) is 3. The largest absolute Gasteiger partial charge is 0.434 e. The number of hydrogen-bond donors (Lipinski definition) is 2. The minimum absolute atomic E-state index is 0. The number of benzene rings is 1. The fourth-order valence-electron chi connectivity index (χ4n) is 1.83. The summed E-state index contributed by atoms with van der Waals surface area (Å²) >= 11 is 6.64. The third kappa shape index (κ3) is 6.88. The predicted octanol–water partition coefficient (Wildman–Crippen LogP) is 4.83. The van der Waals surface area contributed by atoms with E-state index in [2.05, 4.69) is 20.6 Å². The molecule has 0 radical (unpaired) electrons. The van der Waals surface area contributed by atoms with E-state index in [1.54, 1.807) is 6.07 Å². The summed E-state index contributed by atoms with van der Waals surface area (Å²) in [6, 6.07) is 4.28. The molecule has 4 nitrogen and oxygen atoms in total. The first-order chi connectivity index (χ1) is 11.8. The number of halogens is 6. The maximum absolute atomic E-state index is 13.1. The second kappa shape index (κ2) is 10.3. The van der Waals surface area contributed by atoms with E-state index in [9.17, 15) is 17.6 Å². The average molecular weight is 523 g/mol. The topological polar surface area (TPSA) is 49.3 Å². The minimum atomic E-state index is -4.45. The van der Waals surface area contributed by atoms with Crippen LogP contribution in [0.4, 0.5) is 17.6 Å². The van der Waals surface area contributed by atoms with Gasteiger partial charge in [0.25, 0.3) is 0 Å². The SMILES string of the molecule is CCNC(=NCc1ccc(F)c(Cl)c1)NCc1nc(C(F)(F)F)cs1.I. The second-order valence-electron chi connectivity index (χ2n) is 4.92. The van der Waals surface area contributed by atoms with E-state index in [4.69, 9.17) is 11.6 Å². The molecule has 1 aromatic heterocycles. The Bertz CT molecular complexity index is 751. The molecular formula is C15H16ClF4IN4S. The molecule has 0 bridgehead atoms. The molecule has 0 fully saturated rings. The zero-order valence-corrected chi connectivity index (χ0v) is 17.4. The zero-order valence-electron chi connectivity index (χ0n) is 13.5. The zero-order chi connectivity index (χ0) is 18.4. The second-order valence-corrected chi connectivity index (χ2v) is 6.27. The molecule has 0 saturated heterocycles. The first-order valence-corrected chi connectivity index (χ1v) is 8.53. The van der Waals surface area contributed by atoms with Crippen molar-refractivity contribution < 1.29 is 17.6 Å². The summed E-state index contributed by atoms with van der Waals surface area (Å²) in [4.78, 5) is 7.84. The molecule has 0 amide bonds. The van der Waals surface area contributed by atoms with Crippen LogP contribution in [0.15, 0.2) is 28.6 Å². The van der Waals surface area contributed by atoms with Gasteiger partial charge in [-0.25, -0.2) is 14.4 Å². The van der Waals surface area contributed by atoms with Gasteiger partial charge < -0.3 is 10.6 Å². The van der Waals surface area contributed by atoms with Gasteiger partial charge in [0.15, 0.2) is 11.7 Å². The molecule has 26 heavy (non-hydrogen) atoms. The Hall–Kier alpha value is -1.14. The molecule has 0 spiro atoms. The van der Waals surface area contributed by atoms with Crippen LogP contribution in [0.3, 0.4) is 0 Å². The summed E-state index contributed by atoms with van der Waals surface area (Å²) < 4.78 is 50.8. The maximum Gasteiger partial charge on any atom is 0.434 e. The van der Waals surface area contributed by atoms with E-state index >= 15 is 0 Å².